The lowest BCUT2D eigenvalue weighted by Crippen LogP contribution is -2.35. The summed E-state index contributed by atoms with van der Waals surface area (Å²) in [6, 6.07) is 12.1. The molecule has 2 aromatic heterocycles. The van der Waals surface area contributed by atoms with Crippen molar-refractivity contribution in [3.63, 3.8) is 0 Å². The van der Waals surface area contributed by atoms with E-state index < -0.39 is 11.2 Å². The number of pyridine rings is 1. The number of carbonyl (C=O) groups excluding carboxylic acids is 1. The van der Waals surface area contributed by atoms with Gasteiger partial charge in [0.1, 0.15) is 5.65 Å². The SMILES string of the molecule is Cc1cc(C(=O)NCCN2CC[C@@H](c3ccccc3)C2)c2c(=O)[nH]c(=O)n(C)c2n1. The minimum absolute atomic E-state index is 0.130. The average molecular weight is 407 g/mol. The molecule has 0 spiro atoms. The summed E-state index contributed by atoms with van der Waals surface area (Å²) < 4.78 is 1.24. The Bertz CT molecular complexity index is 1200. The first-order chi connectivity index (χ1) is 14.4. The zero-order valence-electron chi connectivity index (χ0n) is 17.1. The largest absolute Gasteiger partial charge is 0.351 e. The van der Waals surface area contributed by atoms with Gasteiger partial charge in [-0.05, 0) is 37.4 Å². The van der Waals surface area contributed by atoms with Crippen LogP contribution in [0.4, 0.5) is 0 Å². The summed E-state index contributed by atoms with van der Waals surface area (Å²) in [6.07, 6.45) is 1.11. The van der Waals surface area contributed by atoms with E-state index in [0.29, 0.717) is 18.2 Å². The molecule has 1 fully saturated rings. The minimum Gasteiger partial charge on any atom is -0.351 e. The lowest BCUT2D eigenvalue weighted by molar-refractivity contribution is 0.0951. The van der Waals surface area contributed by atoms with Crippen molar-refractivity contribution in [2.24, 2.45) is 7.05 Å². The number of amides is 1. The first-order valence-electron chi connectivity index (χ1n) is 10.1. The van der Waals surface area contributed by atoms with Gasteiger partial charge in [-0.15, -0.1) is 0 Å². The Morgan fingerprint density at radius 1 is 1.27 bits per heavy atom. The topological polar surface area (TPSA) is 100 Å². The van der Waals surface area contributed by atoms with E-state index in [1.807, 2.05) is 6.07 Å². The number of hydrogen-bond donors (Lipinski definition) is 2. The number of likely N-dealkylation sites (tertiary alicyclic amines) is 1. The second-order valence-electron chi connectivity index (χ2n) is 7.78. The van der Waals surface area contributed by atoms with Gasteiger partial charge in [0.25, 0.3) is 11.5 Å². The fourth-order valence-corrected chi connectivity index (χ4v) is 4.10. The van der Waals surface area contributed by atoms with Crippen molar-refractivity contribution in [1.29, 1.82) is 0 Å². The van der Waals surface area contributed by atoms with Crippen LogP contribution in [-0.2, 0) is 7.05 Å². The smallest absolute Gasteiger partial charge is 0.329 e. The molecule has 30 heavy (non-hydrogen) atoms. The van der Waals surface area contributed by atoms with Gasteiger partial charge in [0.05, 0.1) is 10.9 Å². The molecule has 156 valence electrons. The maximum absolute atomic E-state index is 12.8. The molecule has 3 heterocycles. The van der Waals surface area contributed by atoms with E-state index in [1.165, 1.54) is 17.2 Å². The number of benzene rings is 1. The highest BCUT2D eigenvalue weighted by Gasteiger charge is 2.23. The van der Waals surface area contributed by atoms with E-state index in [9.17, 15) is 14.4 Å². The number of nitrogens with one attached hydrogen (secondary N) is 2. The Labute approximate surface area is 173 Å². The van der Waals surface area contributed by atoms with Crippen LogP contribution in [-0.4, -0.2) is 51.5 Å². The van der Waals surface area contributed by atoms with Gasteiger partial charge in [-0.2, -0.15) is 0 Å². The fraction of sp³-hybridized carbons (Fsp3) is 0.364. The van der Waals surface area contributed by atoms with E-state index in [4.69, 9.17) is 0 Å². The molecule has 0 bridgehead atoms. The van der Waals surface area contributed by atoms with Crippen LogP contribution in [0.1, 0.15) is 34.0 Å². The molecule has 1 aromatic carbocycles. The van der Waals surface area contributed by atoms with Crippen LogP contribution >= 0.6 is 0 Å². The molecule has 1 saturated heterocycles. The summed E-state index contributed by atoms with van der Waals surface area (Å²) in [5, 5.41) is 3.04. The van der Waals surface area contributed by atoms with E-state index in [1.54, 1.807) is 13.0 Å². The quantitative estimate of drug-likeness (QED) is 0.661. The molecular formula is C22H25N5O3. The van der Waals surface area contributed by atoms with Crippen LogP contribution in [0, 0.1) is 6.92 Å². The number of carbonyl (C=O) groups is 1. The number of fused-ring (bicyclic) bond motifs is 1. The number of aromatic nitrogens is 3. The Balaban J connectivity index is 1.44. The molecule has 1 aliphatic heterocycles. The zero-order valence-corrected chi connectivity index (χ0v) is 17.1. The molecule has 1 atom stereocenters. The van der Waals surface area contributed by atoms with Gasteiger partial charge < -0.3 is 10.2 Å². The Morgan fingerprint density at radius 2 is 2.03 bits per heavy atom. The van der Waals surface area contributed by atoms with Gasteiger partial charge in [-0.1, -0.05) is 30.3 Å². The number of nitrogens with zero attached hydrogens (tertiary/aromatic N) is 3. The lowest BCUT2D eigenvalue weighted by Gasteiger charge is -2.17. The molecule has 3 aromatic rings. The molecule has 1 aliphatic rings. The van der Waals surface area contributed by atoms with Crippen molar-refractivity contribution in [1.82, 2.24) is 24.8 Å². The van der Waals surface area contributed by atoms with Crippen molar-refractivity contribution in [2.45, 2.75) is 19.3 Å². The highest BCUT2D eigenvalue weighted by Crippen LogP contribution is 2.26. The average Bonchev–Trinajstić information content (AvgIpc) is 3.21. The van der Waals surface area contributed by atoms with Crippen molar-refractivity contribution in [3.05, 3.63) is 74.1 Å². The number of H-pyrrole nitrogens is 1. The second kappa shape index (κ2) is 8.23. The molecule has 0 aliphatic carbocycles. The van der Waals surface area contributed by atoms with Crippen molar-refractivity contribution in [3.8, 4) is 0 Å². The molecule has 1 amide bonds. The number of aryl methyl sites for hydroxylation is 2. The summed E-state index contributed by atoms with van der Waals surface area (Å²) in [7, 11) is 1.52. The summed E-state index contributed by atoms with van der Waals surface area (Å²) in [5.74, 6) is 0.182. The molecule has 0 saturated carbocycles. The summed E-state index contributed by atoms with van der Waals surface area (Å²) in [5.41, 5.74) is 1.21. The minimum atomic E-state index is -0.601. The third-order valence-corrected chi connectivity index (χ3v) is 5.70. The number of aromatic amines is 1. The molecule has 8 heteroatoms. The second-order valence-corrected chi connectivity index (χ2v) is 7.78. The van der Waals surface area contributed by atoms with Crippen LogP contribution in [0.2, 0.25) is 0 Å². The normalized spacial score (nSPS) is 16.8. The zero-order chi connectivity index (χ0) is 21.3. The van der Waals surface area contributed by atoms with E-state index in [0.717, 1.165) is 26.1 Å². The van der Waals surface area contributed by atoms with Gasteiger partial charge in [0.15, 0.2) is 0 Å². The Kier molecular flexibility index (Phi) is 5.50. The van der Waals surface area contributed by atoms with Crippen molar-refractivity contribution >= 4 is 16.9 Å². The first kappa shape index (κ1) is 20.0. The number of hydrogen-bond acceptors (Lipinski definition) is 5. The third-order valence-electron chi connectivity index (χ3n) is 5.70. The van der Waals surface area contributed by atoms with Gasteiger partial charge in [0, 0.05) is 32.4 Å². The summed E-state index contributed by atoms with van der Waals surface area (Å²) in [4.78, 5) is 45.9. The van der Waals surface area contributed by atoms with E-state index in [-0.39, 0.29) is 22.5 Å². The maximum Gasteiger partial charge on any atom is 0.329 e. The molecular weight excluding hydrogens is 382 g/mol. The standard InChI is InChI=1S/C22H25N5O3/c1-14-12-17(18-19(24-14)26(2)22(30)25-21(18)29)20(28)23-9-11-27-10-8-16(13-27)15-6-4-3-5-7-15/h3-7,12,16H,8-11,13H2,1-2H3,(H,23,28)(H,25,29,30)/t16-/m1/s1. The van der Waals surface area contributed by atoms with Crippen molar-refractivity contribution in [2.75, 3.05) is 26.2 Å². The van der Waals surface area contributed by atoms with Gasteiger partial charge in [0.2, 0.25) is 0 Å². The van der Waals surface area contributed by atoms with Crippen LogP contribution in [0.25, 0.3) is 11.0 Å². The fourth-order valence-electron chi connectivity index (χ4n) is 4.10. The van der Waals surface area contributed by atoms with E-state index in [2.05, 4.69) is 44.5 Å². The van der Waals surface area contributed by atoms with Crippen LogP contribution in [0.15, 0.2) is 46.0 Å². The Hall–Kier alpha value is -3.26. The van der Waals surface area contributed by atoms with Gasteiger partial charge >= 0.3 is 5.69 Å². The molecule has 0 unspecified atom stereocenters. The predicted octanol–water partition coefficient (Wildman–Crippen LogP) is 1.15. The molecule has 4 rings (SSSR count). The van der Waals surface area contributed by atoms with Gasteiger partial charge in [-0.25, -0.2) is 9.78 Å². The monoisotopic (exact) mass is 407 g/mol. The molecule has 0 radical (unpaired) electrons. The van der Waals surface area contributed by atoms with Crippen LogP contribution in [0.5, 0.6) is 0 Å². The van der Waals surface area contributed by atoms with E-state index >= 15 is 0 Å². The highest BCUT2D eigenvalue weighted by molar-refractivity contribution is 6.05. The highest BCUT2D eigenvalue weighted by atomic mass is 16.2. The Morgan fingerprint density at radius 3 is 2.80 bits per heavy atom. The van der Waals surface area contributed by atoms with Crippen LogP contribution < -0.4 is 16.6 Å². The summed E-state index contributed by atoms with van der Waals surface area (Å²) >= 11 is 0. The third kappa shape index (κ3) is 3.91. The van der Waals surface area contributed by atoms with Gasteiger partial charge in [-0.3, -0.25) is 19.1 Å². The van der Waals surface area contributed by atoms with Crippen LogP contribution in [0.3, 0.4) is 0 Å². The predicted molar refractivity (Wildman–Crippen MR) is 115 cm³/mol. The molecule has 8 nitrogen and oxygen atoms in total. The molecule has 2 N–H and O–H groups in total. The maximum atomic E-state index is 12.8. The first-order valence-corrected chi connectivity index (χ1v) is 10.1. The number of rotatable bonds is 5. The van der Waals surface area contributed by atoms with Crippen molar-refractivity contribution < 1.29 is 4.79 Å². The lowest BCUT2D eigenvalue weighted by atomic mass is 9.99. The summed E-state index contributed by atoms with van der Waals surface area (Å²) in [6.45, 7) is 4.92.